The Morgan fingerprint density at radius 1 is 1.23 bits per heavy atom. The van der Waals surface area contributed by atoms with Crippen molar-refractivity contribution >= 4 is 28.8 Å². The summed E-state index contributed by atoms with van der Waals surface area (Å²) in [6.07, 6.45) is 0. The molecule has 1 spiro atoms. The van der Waals surface area contributed by atoms with Crippen LogP contribution in [0, 0.1) is 17.8 Å². The maximum Gasteiger partial charge on any atom is 0.253 e. The Balaban J connectivity index is 1.34. The number of carbonyl (C=O) groups is 2. The molecular formula is C18H22N2O5S. The topological polar surface area (TPSA) is 68.3 Å². The van der Waals surface area contributed by atoms with E-state index < -0.39 is 5.60 Å². The average molecular weight is 378 g/mol. The third kappa shape index (κ3) is 2.76. The van der Waals surface area contributed by atoms with Crippen LogP contribution >= 0.6 is 11.3 Å². The first-order valence-corrected chi connectivity index (χ1v) is 10.0. The second-order valence-corrected chi connectivity index (χ2v) is 8.42. The van der Waals surface area contributed by atoms with Crippen LogP contribution in [0.15, 0.2) is 16.8 Å². The zero-order chi connectivity index (χ0) is 17.7. The lowest BCUT2D eigenvalue weighted by Crippen LogP contribution is -2.61. The Morgan fingerprint density at radius 3 is 2.85 bits per heavy atom. The Bertz CT molecular complexity index is 700. The molecule has 1 saturated carbocycles. The van der Waals surface area contributed by atoms with Crippen molar-refractivity contribution in [2.75, 3.05) is 57.6 Å². The van der Waals surface area contributed by atoms with Crippen molar-refractivity contribution in [3.8, 4) is 0 Å². The van der Waals surface area contributed by atoms with Crippen molar-refractivity contribution in [2.24, 2.45) is 17.8 Å². The molecule has 8 heteroatoms. The van der Waals surface area contributed by atoms with Gasteiger partial charge in [-0.3, -0.25) is 9.59 Å². The summed E-state index contributed by atoms with van der Waals surface area (Å²) in [5.41, 5.74) is 0.223. The fourth-order valence-electron chi connectivity index (χ4n) is 4.45. The van der Waals surface area contributed by atoms with Crippen LogP contribution in [0.1, 0.15) is 0 Å². The second kappa shape index (κ2) is 6.30. The van der Waals surface area contributed by atoms with Gasteiger partial charge < -0.3 is 24.0 Å². The Hall–Kier alpha value is -1.48. The van der Waals surface area contributed by atoms with Gasteiger partial charge in [0, 0.05) is 17.8 Å². The summed E-state index contributed by atoms with van der Waals surface area (Å²) < 4.78 is 17.2. The zero-order valence-electron chi connectivity index (χ0n) is 14.5. The van der Waals surface area contributed by atoms with Crippen LogP contribution in [0.25, 0.3) is 0 Å². The van der Waals surface area contributed by atoms with Gasteiger partial charge in [-0.15, -0.1) is 0 Å². The molecule has 2 amide bonds. The summed E-state index contributed by atoms with van der Waals surface area (Å²) in [5, 5.41) is 3.92. The molecule has 4 aliphatic rings. The minimum absolute atomic E-state index is 0.0176. The summed E-state index contributed by atoms with van der Waals surface area (Å²) >= 11 is 1.56. The first-order chi connectivity index (χ1) is 12.7. The molecule has 7 nitrogen and oxygen atoms in total. The molecule has 3 saturated heterocycles. The molecule has 4 fully saturated rings. The van der Waals surface area contributed by atoms with Crippen molar-refractivity contribution < 1.29 is 23.8 Å². The highest BCUT2D eigenvalue weighted by molar-refractivity contribution is 7.08. The van der Waals surface area contributed by atoms with Crippen LogP contribution in [-0.2, 0) is 23.8 Å². The van der Waals surface area contributed by atoms with Crippen LogP contribution in [0.4, 0.5) is 5.69 Å². The summed E-state index contributed by atoms with van der Waals surface area (Å²) in [6, 6.07) is 1.94. The van der Waals surface area contributed by atoms with Gasteiger partial charge in [0.2, 0.25) is 5.91 Å². The van der Waals surface area contributed by atoms with Gasteiger partial charge in [0.25, 0.3) is 5.91 Å². The molecule has 1 aliphatic carbocycles. The van der Waals surface area contributed by atoms with Gasteiger partial charge in [-0.25, -0.2) is 0 Å². The number of rotatable bonds is 2. The largest absolute Gasteiger partial charge is 0.381 e. The summed E-state index contributed by atoms with van der Waals surface area (Å²) in [4.78, 5) is 29.0. The zero-order valence-corrected chi connectivity index (χ0v) is 15.3. The molecule has 0 aromatic carbocycles. The molecule has 1 aromatic heterocycles. The molecule has 4 atom stereocenters. The lowest BCUT2D eigenvalue weighted by Gasteiger charge is -2.42. The van der Waals surface area contributed by atoms with Gasteiger partial charge in [-0.1, -0.05) is 0 Å². The maximum atomic E-state index is 13.0. The van der Waals surface area contributed by atoms with E-state index in [4.69, 9.17) is 14.2 Å². The van der Waals surface area contributed by atoms with Gasteiger partial charge in [-0.05, 0) is 23.3 Å². The minimum atomic E-state index is -0.664. The van der Waals surface area contributed by atoms with Crippen LogP contribution in [-0.4, -0.2) is 75.0 Å². The Labute approximate surface area is 155 Å². The SMILES string of the molecule is O=C(C1[C@H]2COC[C@@H]12)N1CCOCC2(C1)CN(c1ccsc1)C(=O)CO2. The molecule has 2 unspecified atom stereocenters. The van der Waals surface area contributed by atoms with E-state index >= 15 is 0 Å². The third-order valence-electron chi connectivity index (χ3n) is 5.97. The van der Waals surface area contributed by atoms with Gasteiger partial charge in [-0.2, -0.15) is 11.3 Å². The van der Waals surface area contributed by atoms with E-state index in [-0.39, 0.29) is 24.3 Å². The standard InChI is InChI=1S/C18H22N2O5S/c21-15-7-25-18(10-20(15)12-1-4-26-8-12)9-19(2-3-23-11-18)17(22)16-13-5-24-6-14(13)16/h1,4,8,13-14,16H,2-3,5-7,9-11H2/t13-,14+,16?,18?. The molecule has 0 radical (unpaired) electrons. The number of anilines is 1. The molecule has 4 heterocycles. The lowest BCUT2D eigenvalue weighted by molar-refractivity contribution is -0.150. The Morgan fingerprint density at radius 2 is 2.08 bits per heavy atom. The fourth-order valence-corrected chi connectivity index (χ4v) is 5.10. The normalized spacial score (nSPS) is 36.9. The number of carbonyl (C=O) groups excluding carboxylic acids is 2. The van der Waals surface area contributed by atoms with Crippen LogP contribution in [0.2, 0.25) is 0 Å². The van der Waals surface area contributed by atoms with Gasteiger partial charge in [0.1, 0.15) is 12.2 Å². The third-order valence-corrected chi connectivity index (χ3v) is 6.64. The maximum absolute atomic E-state index is 13.0. The lowest BCUT2D eigenvalue weighted by atomic mass is 10.0. The number of hydrogen-bond donors (Lipinski definition) is 0. The van der Waals surface area contributed by atoms with Crippen molar-refractivity contribution in [3.63, 3.8) is 0 Å². The monoisotopic (exact) mass is 378 g/mol. The highest BCUT2D eigenvalue weighted by Gasteiger charge is 2.59. The predicted octanol–water partition coefficient (Wildman–Crippen LogP) is 0.601. The fraction of sp³-hybridized carbons (Fsp3) is 0.667. The molecule has 1 aromatic rings. The first kappa shape index (κ1) is 16.7. The van der Waals surface area contributed by atoms with E-state index in [1.165, 1.54) is 0 Å². The first-order valence-electron chi connectivity index (χ1n) is 9.08. The van der Waals surface area contributed by atoms with Crippen molar-refractivity contribution in [3.05, 3.63) is 16.8 Å². The average Bonchev–Trinajstić information content (AvgIpc) is 3.00. The van der Waals surface area contributed by atoms with Crippen LogP contribution < -0.4 is 4.90 Å². The number of thiophene rings is 1. The number of ether oxygens (including phenoxy) is 3. The van der Waals surface area contributed by atoms with E-state index in [9.17, 15) is 9.59 Å². The van der Waals surface area contributed by atoms with Gasteiger partial charge in [0.15, 0.2) is 0 Å². The summed E-state index contributed by atoms with van der Waals surface area (Å²) in [5.74, 6) is 1.01. The molecule has 3 aliphatic heterocycles. The molecule has 0 N–H and O–H groups in total. The number of hydrogen-bond acceptors (Lipinski definition) is 6. The predicted molar refractivity (Wildman–Crippen MR) is 94.0 cm³/mol. The molecule has 5 rings (SSSR count). The smallest absolute Gasteiger partial charge is 0.253 e. The summed E-state index contributed by atoms with van der Waals surface area (Å²) in [6.45, 7) is 3.77. The van der Waals surface area contributed by atoms with Gasteiger partial charge in [0.05, 0.1) is 45.2 Å². The Kier molecular flexibility index (Phi) is 4.04. The highest BCUT2D eigenvalue weighted by Crippen LogP contribution is 2.51. The highest BCUT2D eigenvalue weighted by atomic mass is 32.1. The quantitative estimate of drug-likeness (QED) is 0.754. The van der Waals surface area contributed by atoms with Crippen molar-refractivity contribution in [1.82, 2.24) is 4.90 Å². The van der Waals surface area contributed by atoms with E-state index in [0.717, 1.165) is 5.69 Å². The molecule has 0 bridgehead atoms. The van der Waals surface area contributed by atoms with Crippen LogP contribution in [0.3, 0.4) is 0 Å². The van der Waals surface area contributed by atoms with Gasteiger partial charge >= 0.3 is 0 Å². The number of nitrogens with zero attached hydrogens (tertiary/aromatic N) is 2. The van der Waals surface area contributed by atoms with Crippen molar-refractivity contribution in [1.29, 1.82) is 0 Å². The van der Waals surface area contributed by atoms with E-state index in [2.05, 4.69) is 0 Å². The van der Waals surface area contributed by atoms with Crippen molar-refractivity contribution in [2.45, 2.75) is 5.60 Å². The number of amides is 2. The minimum Gasteiger partial charge on any atom is -0.381 e. The number of fused-ring (bicyclic) bond motifs is 1. The molecule has 140 valence electrons. The van der Waals surface area contributed by atoms with Crippen LogP contribution in [0.5, 0.6) is 0 Å². The number of morpholine rings is 1. The van der Waals surface area contributed by atoms with E-state index in [0.29, 0.717) is 57.9 Å². The molecule has 26 heavy (non-hydrogen) atoms. The van der Waals surface area contributed by atoms with E-state index in [1.54, 1.807) is 16.2 Å². The second-order valence-electron chi connectivity index (χ2n) is 7.64. The summed E-state index contributed by atoms with van der Waals surface area (Å²) in [7, 11) is 0. The molecular weight excluding hydrogens is 356 g/mol. The van der Waals surface area contributed by atoms with E-state index in [1.807, 2.05) is 21.7 Å².